The molecule has 106 valence electrons. The lowest BCUT2D eigenvalue weighted by Crippen LogP contribution is -2.39. The van der Waals surface area contributed by atoms with E-state index in [0.29, 0.717) is 29.4 Å². The van der Waals surface area contributed by atoms with Gasteiger partial charge < -0.3 is 10.0 Å². The molecule has 0 aromatic heterocycles. The van der Waals surface area contributed by atoms with Crippen LogP contribution in [-0.4, -0.2) is 35.1 Å². The predicted octanol–water partition coefficient (Wildman–Crippen LogP) is 3.16. The Bertz CT molecular complexity index is 455. The molecular formula is C14H19Cl2NO2. The van der Waals surface area contributed by atoms with Gasteiger partial charge in [-0.1, -0.05) is 29.3 Å². The van der Waals surface area contributed by atoms with E-state index in [2.05, 4.69) is 0 Å². The first kappa shape index (κ1) is 16.3. The van der Waals surface area contributed by atoms with Crippen molar-refractivity contribution in [3.63, 3.8) is 0 Å². The third kappa shape index (κ3) is 5.81. The van der Waals surface area contributed by atoms with Gasteiger partial charge in [0.2, 0.25) is 5.91 Å². The van der Waals surface area contributed by atoms with Crippen LogP contribution in [0.3, 0.4) is 0 Å². The summed E-state index contributed by atoms with van der Waals surface area (Å²) in [5.41, 5.74) is 0.0126. The highest BCUT2D eigenvalue weighted by Crippen LogP contribution is 2.22. The summed E-state index contributed by atoms with van der Waals surface area (Å²) in [5.74, 6) is -0.0202. The molecule has 1 amide bonds. The first-order valence-corrected chi connectivity index (χ1v) is 6.85. The molecular weight excluding hydrogens is 285 g/mol. The molecule has 0 radical (unpaired) electrons. The molecule has 3 nitrogen and oxygen atoms in total. The van der Waals surface area contributed by atoms with Gasteiger partial charge in [0.25, 0.3) is 0 Å². The summed E-state index contributed by atoms with van der Waals surface area (Å²) in [6.45, 7) is 3.65. The Morgan fingerprint density at radius 2 is 2.00 bits per heavy atom. The summed E-state index contributed by atoms with van der Waals surface area (Å²) in [6.07, 6.45) is 0.916. The van der Waals surface area contributed by atoms with Gasteiger partial charge in [0.05, 0.1) is 5.60 Å². The van der Waals surface area contributed by atoms with E-state index in [0.717, 1.165) is 5.56 Å². The number of hydrogen-bond acceptors (Lipinski definition) is 2. The fourth-order valence-corrected chi connectivity index (χ4v) is 2.33. The quantitative estimate of drug-likeness (QED) is 0.908. The van der Waals surface area contributed by atoms with Gasteiger partial charge in [0.1, 0.15) is 0 Å². The number of carbonyl (C=O) groups is 1. The average Bonchev–Trinajstić information content (AvgIpc) is 2.25. The van der Waals surface area contributed by atoms with Crippen LogP contribution in [0.25, 0.3) is 0 Å². The molecule has 0 atom stereocenters. The van der Waals surface area contributed by atoms with Crippen molar-refractivity contribution in [2.75, 3.05) is 13.6 Å². The maximum absolute atomic E-state index is 11.9. The predicted molar refractivity (Wildman–Crippen MR) is 78.7 cm³/mol. The van der Waals surface area contributed by atoms with E-state index < -0.39 is 5.60 Å². The minimum Gasteiger partial charge on any atom is -0.389 e. The fourth-order valence-electron chi connectivity index (χ4n) is 1.83. The van der Waals surface area contributed by atoms with Gasteiger partial charge in [0, 0.05) is 30.1 Å². The van der Waals surface area contributed by atoms with Gasteiger partial charge >= 0.3 is 0 Å². The maximum atomic E-state index is 11.9. The topological polar surface area (TPSA) is 40.5 Å². The summed E-state index contributed by atoms with van der Waals surface area (Å²) in [5, 5.41) is 10.8. The van der Waals surface area contributed by atoms with Crippen LogP contribution in [-0.2, 0) is 11.2 Å². The van der Waals surface area contributed by atoms with E-state index >= 15 is 0 Å². The average molecular weight is 304 g/mol. The van der Waals surface area contributed by atoms with E-state index in [1.54, 1.807) is 33.0 Å². The van der Waals surface area contributed by atoms with Gasteiger partial charge in [-0.2, -0.15) is 0 Å². The SMILES string of the molecule is CN(CC(C)(C)O)C(=O)CCc1ccc(Cl)cc1Cl. The van der Waals surface area contributed by atoms with Gasteiger partial charge in [-0.15, -0.1) is 0 Å². The summed E-state index contributed by atoms with van der Waals surface area (Å²) < 4.78 is 0. The molecule has 0 aliphatic rings. The second-order valence-electron chi connectivity index (χ2n) is 5.30. The lowest BCUT2D eigenvalue weighted by molar-refractivity contribution is -0.132. The van der Waals surface area contributed by atoms with E-state index in [-0.39, 0.29) is 5.91 Å². The van der Waals surface area contributed by atoms with Gasteiger partial charge in [-0.05, 0) is 38.0 Å². The number of nitrogens with zero attached hydrogens (tertiary/aromatic N) is 1. The smallest absolute Gasteiger partial charge is 0.222 e. The molecule has 5 heteroatoms. The van der Waals surface area contributed by atoms with Crippen molar-refractivity contribution in [2.45, 2.75) is 32.3 Å². The van der Waals surface area contributed by atoms with Crippen LogP contribution < -0.4 is 0 Å². The third-order valence-electron chi connectivity index (χ3n) is 2.67. The monoisotopic (exact) mass is 303 g/mol. The Labute approximate surface area is 124 Å². The molecule has 1 aromatic rings. The number of aryl methyl sites for hydroxylation is 1. The molecule has 0 spiro atoms. The second-order valence-corrected chi connectivity index (χ2v) is 6.14. The molecule has 0 aliphatic heterocycles. The number of rotatable bonds is 5. The van der Waals surface area contributed by atoms with Crippen LogP contribution in [0.1, 0.15) is 25.8 Å². The number of halogens is 2. The summed E-state index contributed by atoms with van der Waals surface area (Å²) in [4.78, 5) is 13.4. The van der Waals surface area contributed by atoms with Crippen LogP contribution >= 0.6 is 23.2 Å². The van der Waals surface area contributed by atoms with Crippen LogP contribution in [0, 0.1) is 0 Å². The second kappa shape index (κ2) is 6.60. The molecule has 0 aliphatic carbocycles. The number of benzene rings is 1. The first-order chi connectivity index (χ1) is 8.69. The van der Waals surface area contributed by atoms with Crippen LogP contribution in [0.4, 0.5) is 0 Å². The number of likely N-dealkylation sites (N-methyl/N-ethyl adjacent to an activating group) is 1. The molecule has 0 saturated carbocycles. The molecule has 1 N–H and O–H groups in total. The Balaban J connectivity index is 2.54. The van der Waals surface area contributed by atoms with Gasteiger partial charge in [-0.25, -0.2) is 0 Å². The minimum atomic E-state index is -0.887. The van der Waals surface area contributed by atoms with Crippen molar-refractivity contribution < 1.29 is 9.90 Å². The highest BCUT2D eigenvalue weighted by molar-refractivity contribution is 6.35. The number of aliphatic hydroxyl groups is 1. The third-order valence-corrected chi connectivity index (χ3v) is 3.26. The zero-order chi connectivity index (χ0) is 14.6. The first-order valence-electron chi connectivity index (χ1n) is 6.09. The Morgan fingerprint density at radius 1 is 1.37 bits per heavy atom. The maximum Gasteiger partial charge on any atom is 0.222 e. The Kier molecular flexibility index (Phi) is 5.65. The van der Waals surface area contributed by atoms with Crippen molar-refractivity contribution in [2.24, 2.45) is 0 Å². The normalized spacial score (nSPS) is 11.5. The fraction of sp³-hybridized carbons (Fsp3) is 0.500. The molecule has 19 heavy (non-hydrogen) atoms. The van der Waals surface area contributed by atoms with Crippen molar-refractivity contribution in [1.82, 2.24) is 4.90 Å². The van der Waals surface area contributed by atoms with E-state index in [1.807, 2.05) is 6.07 Å². The molecule has 1 aromatic carbocycles. The largest absolute Gasteiger partial charge is 0.389 e. The van der Waals surface area contributed by atoms with Crippen molar-refractivity contribution in [1.29, 1.82) is 0 Å². The van der Waals surface area contributed by atoms with Crippen molar-refractivity contribution >= 4 is 29.1 Å². The van der Waals surface area contributed by atoms with Crippen LogP contribution in [0.2, 0.25) is 10.0 Å². The highest BCUT2D eigenvalue weighted by Gasteiger charge is 2.19. The number of amides is 1. The van der Waals surface area contributed by atoms with Crippen LogP contribution in [0.15, 0.2) is 18.2 Å². The lowest BCUT2D eigenvalue weighted by Gasteiger charge is -2.25. The Morgan fingerprint density at radius 3 is 2.53 bits per heavy atom. The summed E-state index contributed by atoms with van der Waals surface area (Å²) in [6, 6.07) is 5.26. The van der Waals surface area contributed by atoms with E-state index in [9.17, 15) is 9.90 Å². The molecule has 0 heterocycles. The molecule has 0 unspecified atom stereocenters. The van der Waals surface area contributed by atoms with Crippen LogP contribution in [0.5, 0.6) is 0 Å². The standard InChI is InChI=1S/C14H19Cl2NO2/c1-14(2,19)9-17(3)13(18)7-5-10-4-6-11(15)8-12(10)16/h4,6,8,19H,5,7,9H2,1-3H3. The van der Waals surface area contributed by atoms with Gasteiger partial charge in [0.15, 0.2) is 0 Å². The molecule has 0 bridgehead atoms. The van der Waals surface area contributed by atoms with Crippen molar-refractivity contribution in [3.05, 3.63) is 33.8 Å². The zero-order valence-electron chi connectivity index (χ0n) is 11.4. The summed E-state index contributed by atoms with van der Waals surface area (Å²) in [7, 11) is 1.68. The zero-order valence-corrected chi connectivity index (χ0v) is 12.9. The molecule has 0 saturated heterocycles. The Hall–Kier alpha value is -0.770. The van der Waals surface area contributed by atoms with Gasteiger partial charge in [-0.3, -0.25) is 4.79 Å². The summed E-state index contributed by atoms with van der Waals surface area (Å²) >= 11 is 11.9. The lowest BCUT2D eigenvalue weighted by atomic mass is 10.1. The number of hydrogen-bond donors (Lipinski definition) is 1. The highest BCUT2D eigenvalue weighted by atomic mass is 35.5. The minimum absolute atomic E-state index is 0.0202. The van der Waals surface area contributed by atoms with E-state index in [1.165, 1.54) is 4.90 Å². The molecule has 1 rings (SSSR count). The molecule has 0 fully saturated rings. The number of carbonyl (C=O) groups excluding carboxylic acids is 1. The van der Waals surface area contributed by atoms with Crippen molar-refractivity contribution in [3.8, 4) is 0 Å². The van der Waals surface area contributed by atoms with E-state index in [4.69, 9.17) is 23.2 Å².